The van der Waals surface area contributed by atoms with Crippen molar-refractivity contribution in [2.45, 2.75) is 32.4 Å². The van der Waals surface area contributed by atoms with Gasteiger partial charge in [0, 0.05) is 30.4 Å². The number of carbonyl (C=O) groups is 2. The van der Waals surface area contributed by atoms with Crippen LogP contribution in [0, 0.1) is 0 Å². The van der Waals surface area contributed by atoms with E-state index in [2.05, 4.69) is 15.5 Å². The predicted octanol–water partition coefficient (Wildman–Crippen LogP) is 3.38. The van der Waals surface area contributed by atoms with Crippen molar-refractivity contribution in [2.24, 2.45) is 0 Å². The molecule has 1 aliphatic heterocycles. The van der Waals surface area contributed by atoms with E-state index in [4.69, 9.17) is 0 Å². The summed E-state index contributed by atoms with van der Waals surface area (Å²) in [7, 11) is 0. The van der Waals surface area contributed by atoms with Crippen molar-refractivity contribution in [3.63, 3.8) is 0 Å². The lowest BCUT2D eigenvalue weighted by Gasteiger charge is -2.33. The molecule has 1 atom stereocenters. The lowest BCUT2D eigenvalue weighted by Crippen LogP contribution is -2.48. The van der Waals surface area contributed by atoms with Gasteiger partial charge in [-0.1, -0.05) is 24.3 Å². The summed E-state index contributed by atoms with van der Waals surface area (Å²) in [5.74, 6) is 0.236. The Morgan fingerprint density at radius 3 is 2.78 bits per heavy atom. The first-order valence-electron chi connectivity index (χ1n) is 9.18. The molecule has 1 heterocycles. The number of hydrogen-bond donors (Lipinski definition) is 3. The maximum absolute atomic E-state index is 12.3. The van der Waals surface area contributed by atoms with Crippen molar-refractivity contribution in [1.82, 2.24) is 10.2 Å². The number of hydrogen-bond acceptors (Lipinski definition) is 4. The summed E-state index contributed by atoms with van der Waals surface area (Å²) in [5.41, 5.74) is 2.23. The van der Waals surface area contributed by atoms with Crippen molar-refractivity contribution in [3.05, 3.63) is 59.7 Å². The molecule has 27 heavy (non-hydrogen) atoms. The molecular formula is C21H25N3O3. The number of anilines is 1. The van der Waals surface area contributed by atoms with Gasteiger partial charge in [-0.2, -0.15) is 0 Å². The normalized spacial score (nSPS) is 17.3. The Kier molecular flexibility index (Phi) is 6.08. The highest BCUT2D eigenvalue weighted by molar-refractivity contribution is 5.96. The number of phenols is 1. The topological polar surface area (TPSA) is 81.7 Å². The molecule has 0 radical (unpaired) electrons. The second-order valence-corrected chi connectivity index (χ2v) is 6.98. The highest BCUT2D eigenvalue weighted by Crippen LogP contribution is 2.17. The lowest BCUT2D eigenvalue weighted by atomic mass is 10.0. The molecule has 142 valence electrons. The van der Waals surface area contributed by atoms with E-state index in [0.29, 0.717) is 11.3 Å². The molecular weight excluding hydrogens is 342 g/mol. The van der Waals surface area contributed by atoms with Crippen LogP contribution in [0.1, 0.15) is 35.7 Å². The number of carbonyl (C=O) groups excluding carboxylic acids is 2. The molecule has 3 rings (SSSR count). The summed E-state index contributed by atoms with van der Waals surface area (Å²) < 4.78 is 0. The summed E-state index contributed by atoms with van der Waals surface area (Å²) in [6.45, 7) is 3.98. The number of rotatable bonds is 5. The zero-order chi connectivity index (χ0) is 19.2. The standard InChI is InChI=1S/C21H25N3O3/c1-15(25)17-6-3-7-18(12-17)22-21(27)23-19-8-4-10-24(14-19)13-16-5-2-9-20(26)11-16/h2-3,5-7,9,11-12,19,26H,4,8,10,13-14H2,1H3,(H2,22,23,27)/t19-/m0/s1. The second-order valence-electron chi connectivity index (χ2n) is 6.98. The molecule has 6 nitrogen and oxygen atoms in total. The number of piperidine rings is 1. The number of phenolic OH excluding ortho intramolecular Hbond substituents is 1. The molecule has 2 amide bonds. The number of urea groups is 1. The van der Waals surface area contributed by atoms with Crippen LogP contribution in [-0.2, 0) is 6.54 Å². The smallest absolute Gasteiger partial charge is 0.319 e. The first kappa shape index (κ1) is 18.9. The number of likely N-dealkylation sites (tertiary alicyclic amines) is 1. The third kappa shape index (κ3) is 5.56. The molecule has 0 unspecified atom stereocenters. The van der Waals surface area contributed by atoms with Gasteiger partial charge >= 0.3 is 6.03 Å². The van der Waals surface area contributed by atoms with Crippen LogP contribution in [0.5, 0.6) is 5.75 Å². The number of Topliss-reactive ketones (excluding diaryl/α,β-unsaturated/α-hetero) is 1. The Morgan fingerprint density at radius 2 is 2.00 bits per heavy atom. The van der Waals surface area contributed by atoms with Gasteiger partial charge in [-0.05, 0) is 56.1 Å². The fourth-order valence-electron chi connectivity index (χ4n) is 3.40. The Bertz CT molecular complexity index is 822. The van der Waals surface area contributed by atoms with Crippen molar-refractivity contribution < 1.29 is 14.7 Å². The Morgan fingerprint density at radius 1 is 1.19 bits per heavy atom. The molecule has 3 N–H and O–H groups in total. The number of ketones is 1. The second kappa shape index (κ2) is 8.68. The third-order valence-electron chi connectivity index (χ3n) is 4.68. The van der Waals surface area contributed by atoms with Gasteiger partial charge in [-0.3, -0.25) is 9.69 Å². The first-order valence-corrected chi connectivity index (χ1v) is 9.18. The van der Waals surface area contributed by atoms with Crippen LogP contribution < -0.4 is 10.6 Å². The molecule has 6 heteroatoms. The van der Waals surface area contributed by atoms with E-state index in [1.165, 1.54) is 6.92 Å². The summed E-state index contributed by atoms with van der Waals surface area (Å²) in [5, 5.41) is 15.4. The summed E-state index contributed by atoms with van der Waals surface area (Å²) >= 11 is 0. The number of aromatic hydroxyl groups is 1. The number of nitrogens with zero attached hydrogens (tertiary/aromatic N) is 1. The quantitative estimate of drug-likeness (QED) is 0.708. The van der Waals surface area contributed by atoms with E-state index in [0.717, 1.165) is 38.0 Å². The maximum atomic E-state index is 12.3. The average Bonchev–Trinajstić information content (AvgIpc) is 2.62. The van der Waals surface area contributed by atoms with Gasteiger partial charge in [0.25, 0.3) is 0 Å². The van der Waals surface area contributed by atoms with Gasteiger partial charge in [0.15, 0.2) is 5.78 Å². The number of benzene rings is 2. The van der Waals surface area contributed by atoms with Gasteiger partial charge in [0.2, 0.25) is 0 Å². The molecule has 0 saturated carbocycles. The van der Waals surface area contributed by atoms with E-state index in [-0.39, 0.29) is 23.6 Å². The van der Waals surface area contributed by atoms with Gasteiger partial charge in [-0.15, -0.1) is 0 Å². The van der Waals surface area contributed by atoms with Crippen LogP contribution in [-0.4, -0.2) is 41.0 Å². The highest BCUT2D eigenvalue weighted by atomic mass is 16.3. The third-order valence-corrected chi connectivity index (χ3v) is 4.68. The largest absolute Gasteiger partial charge is 0.508 e. The van der Waals surface area contributed by atoms with Crippen molar-refractivity contribution >= 4 is 17.5 Å². The Balaban J connectivity index is 1.53. The van der Waals surface area contributed by atoms with E-state index >= 15 is 0 Å². The van der Waals surface area contributed by atoms with Gasteiger partial charge in [-0.25, -0.2) is 4.79 Å². The van der Waals surface area contributed by atoms with Crippen LogP contribution in [0.15, 0.2) is 48.5 Å². The van der Waals surface area contributed by atoms with E-state index in [9.17, 15) is 14.7 Å². The number of nitrogens with one attached hydrogen (secondary N) is 2. The van der Waals surface area contributed by atoms with Crippen LogP contribution in [0.2, 0.25) is 0 Å². The minimum Gasteiger partial charge on any atom is -0.508 e. The van der Waals surface area contributed by atoms with Gasteiger partial charge < -0.3 is 15.7 Å². The molecule has 0 aromatic heterocycles. The summed E-state index contributed by atoms with van der Waals surface area (Å²) in [6, 6.07) is 14.0. The average molecular weight is 367 g/mol. The Labute approximate surface area is 159 Å². The monoisotopic (exact) mass is 367 g/mol. The molecule has 1 aliphatic rings. The SMILES string of the molecule is CC(=O)c1cccc(NC(=O)N[C@H]2CCCN(Cc3cccc(O)c3)C2)c1. The van der Waals surface area contributed by atoms with Gasteiger partial charge in [0.05, 0.1) is 0 Å². The first-order chi connectivity index (χ1) is 13.0. The van der Waals surface area contributed by atoms with Crippen LogP contribution >= 0.6 is 0 Å². The molecule has 2 aromatic rings. The lowest BCUT2D eigenvalue weighted by molar-refractivity contribution is 0.101. The summed E-state index contributed by atoms with van der Waals surface area (Å²) in [4.78, 5) is 26.0. The zero-order valence-corrected chi connectivity index (χ0v) is 15.4. The number of amides is 2. The zero-order valence-electron chi connectivity index (χ0n) is 15.4. The molecule has 0 bridgehead atoms. The van der Waals surface area contributed by atoms with E-state index in [1.807, 2.05) is 12.1 Å². The van der Waals surface area contributed by atoms with Crippen molar-refractivity contribution in [2.75, 3.05) is 18.4 Å². The highest BCUT2D eigenvalue weighted by Gasteiger charge is 2.21. The molecule has 1 fully saturated rings. The van der Waals surface area contributed by atoms with Crippen molar-refractivity contribution in [3.8, 4) is 5.75 Å². The predicted molar refractivity (Wildman–Crippen MR) is 105 cm³/mol. The minimum absolute atomic E-state index is 0.0334. The van der Waals surface area contributed by atoms with E-state index < -0.39 is 0 Å². The van der Waals surface area contributed by atoms with Crippen LogP contribution in [0.3, 0.4) is 0 Å². The fourth-order valence-corrected chi connectivity index (χ4v) is 3.40. The van der Waals surface area contributed by atoms with Gasteiger partial charge in [0.1, 0.15) is 5.75 Å². The van der Waals surface area contributed by atoms with E-state index in [1.54, 1.807) is 36.4 Å². The van der Waals surface area contributed by atoms with Crippen LogP contribution in [0.4, 0.5) is 10.5 Å². The molecule has 0 spiro atoms. The van der Waals surface area contributed by atoms with Crippen LogP contribution in [0.25, 0.3) is 0 Å². The fraction of sp³-hybridized carbons (Fsp3) is 0.333. The maximum Gasteiger partial charge on any atom is 0.319 e. The summed E-state index contributed by atoms with van der Waals surface area (Å²) in [6.07, 6.45) is 1.93. The molecule has 2 aromatic carbocycles. The molecule has 0 aliphatic carbocycles. The molecule has 1 saturated heterocycles. The minimum atomic E-state index is -0.264. The Hall–Kier alpha value is -2.86. The van der Waals surface area contributed by atoms with Crippen molar-refractivity contribution in [1.29, 1.82) is 0 Å².